The first-order valence-electron chi connectivity index (χ1n) is 5.65. The van der Waals surface area contributed by atoms with Crippen LogP contribution in [0.15, 0.2) is 23.1 Å². The van der Waals surface area contributed by atoms with Crippen molar-refractivity contribution in [3.8, 4) is 0 Å². The molecule has 0 fully saturated rings. The molecule has 4 nitrogen and oxygen atoms in total. The fourth-order valence-electron chi connectivity index (χ4n) is 1.42. The van der Waals surface area contributed by atoms with Gasteiger partial charge >= 0.3 is 0 Å². The summed E-state index contributed by atoms with van der Waals surface area (Å²) in [5, 5.41) is 9.43. The van der Waals surface area contributed by atoms with Crippen LogP contribution in [0.5, 0.6) is 0 Å². The monoisotopic (exact) mass is 291 g/mol. The Morgan fingerprint density at radius 3 is 2.50 bits per heavy atom. The van der Waals surface area contributed by atoms with E-state index in [4.69, 9.17) is 11.6 Å². The van der Waals surface area contributed by atoms with Crippen LogP contribution in [0.3, 0.4) is 0 Å². The fraction of sp³-hybridized carbons (Fsp3) is 0.500. The second kappa shape index (κ2) is 5.57. The summed E-state index contributed by atoms with van der Waals surface area (Å²) >= 11 is 5.95. The van der Waals surface area contributed by atoms with Gasteiger partial charge in [0.1, 0.15) is 4.90 Å². The van der Waals surface area contributed by atoms with Crippen LogP contribution in [-0.2, 0) is 10.0 Å². The summed E-state index contributed by atoms with van der Waals surface area (Å²) in [5.74, 6) is 0. The van der Waals surface area contributed by atoms with E-state index in [1.807, 2.05) is 6.92 Å². The highest BCUT2D eigenvalue weighted by molar-refractivity contribution is 7.89. The third-order valence-electron chi connectivity index (χ3n) is 2.89. The zero-order valence-corrected chi connectivity index (χ0v) is 12.3. The van der Waals surface area contributed by atoms with Gasteiger partial charge in [-0.2, -0.15) is 0 Å². The number of aryl methyl sites for hydroxylation is 1. The molecule has 0 heterocycles. The number of aliphatic hydroxyl groups excluding tert-OH is 1. The molecule has 0 aliphatic rings. The van der Waals surface area contributed by atoms with E-state index in [1.165, 1.54) is 6.07 Å². The summed E-state index contributed by atoms with van der Waals surface area (Å²) in [6, 6.07) is 4.74. The van der Waals surface area contributed by atoms with Crippen molar-refractivity contribution in [1.82, 2.24) is 4.72 Å². The number of sulfonamides is 1. The van der Waals surface area contributed by atoms with Crippen molar-refractivity contribution in [3.63, 3.8) is 0 Å². The molecule has 0 saturated carbocycles. The van der Waals surface area contributed by atoms with Crippen molar-refractivity contribution in [1.29, 1.82) is 0 Å². The van der Waals surface area contributed by atoms with Crippen molar-refractivity contribution >= 4 is 21.6 Å². The number of aliphatic hydroxyl groups is 1. The van der Waals surface area contributed by atoms with E-state index >= 15 is 0 Å². The summed E-state index contributed by atoms with van der Waals surface area (Å²) in [7, 11) is -3.73. The maximum atomic E-state index is 12.2. The highest BCUT2D eigenvalue weighted by Crippen LogP contribution is 2.24. The first-order valence-corrected chi connectivity index (χ1v) is 7.51. The minimum absolute atomic E-state index is 0.0305. The van der Waals surface area contributed by atoms with Gasteiger partial charge in [-0.05, 0) is 38.0 Å². The maximum Gasteiger partial charge on any atom is 0.242 e. The van der Waals surface area contributed by atoms with E-state index in [9.17, 15) is 13.5 Å². The lowest BCUT2D eigenvalue weighted by molar-refractivity contribution is 0.191. The highest BCUT2D eigenvalue weighted by Gasteiger charge is 2.29. The summed E-state index contributed by atoms with van der Waals surface area (Å²) in [5.41, 5.74) is 0.00640. The van der Waals surface area contributed by atoms with Crippen molar-refractivity contribution in [2.24, 2.45) is 0 Å². The molecule has 1 aromatic rings. The molecule has 0 saturated heterocycles. The smallest absolute Gasteiger partial charge is 0.242 e. The molecule has 18 heavy (non-hydrogen) atoms. The third-order valence-corrected chi connectivity index (χ3v) is 5.01. The summed E-state index contributed by atoms with van der Waals surface area (Å²) < 4.78 is 26.9. The minimum atomic E-state index is -3.73. The van der Waals surface area contributed by atoms with Gasteiger partial charge in [0.2, 0.25) is 10.0 Å². The molecule has 1 rings (SSSR count). The second-order valence-corrected chi connectivity index (χ2v) is 6.67. The minimum Gasteiger partial charge on any atom is -0.394 e. The fourth-order valence-corrected chi connectivity index (χ4v) is 3.49. The predicted octanol–water partition coefficient (Wildman–Crippen LogP) is 2.09. The molecule has 1 atom stereocenters. The van der Waals surface area contributed by atoms with Crippen LogP contribution < -0.4 is 4.72 Å². The lowest BCUT2D eigenvalue weighted by Gasteiger charge is -2.27. The lowest BCUT2D eigenvalue weighted by atomic mass is 10.0. The van der Waals surface area contributed by atoms with Crippen LogP contribution in [0.2, 0.25) is 5.02 Å². The molecular formula is C12H18ClNO3S. The standard InChI is InChI=1S/C12H18ClNO3S/c1-4-12(3,8-15)14-18(16,17)11-6-5-9(2)7-10(11)13/h5-7,14-15H,4,8H2,1-3H3. The number of benzene rings is 1. The molecule has 0 amide bonds. The Kier molecular flexibility index (Phi) is 4.78. The van der Waals surface area contributed by atoms with Gasteiger partial charge in [0.25, 0.3) is 0 Å². The molecule has 0 aromatic heterocycles. The molecule has 0 aliphatic heterocycles. The Morgan fingerprint density at radius 1 is 1.44 bits per heavy atom. The Hall–Kier alpha value is -0.620. The van der Waals surface area contributed by atoms with Crippen molar-refractivity contribution in [2.45, 2.75) is 37.6 Å². The van der Waals surface area contributed by atoms with Gasteiger partial charge in [0, 0.05) is 0 Å². The van der Waals surface area contributed by atoms with Crippen LogP contribution in [0.25, 0.3) is 0 Å². The van der Waals surface area contributed by atoms with Crippen LogP contribution in [0.1, 0.15) is 25.8 Å². The topological polar surface area (TPSA) is 66.4 Å². The molecule has 2 N–H and O–H groups in total. The van der Waals surface area contributed by atoms with Crippen molar-refractivity contribution in [2.75, 3.05) is 6.61 Å². The highest BCUT2D eigenvalue weighted by atomic mass is 35.5. The lowest BCUT2D eigenvalue weighted by Crippen LogP contribution is -2.48. The summed E-state index contributed by atoms with van der Waals surface area (Å²) in [6.45, 7) is 5.01. The quantitative estimate of drug-likeness (QED) is 0.873. The van der Waals surface area contributed by atoms with Gasteiger partial charge in [-0.15, -0.1) is 0 Å². The zero-order chi connectivity index (χ0) is 14.0. The molecule has 1 aromatic carbocycles. The average Bonchev–Trinajstić information content (AvgIpc) is 2.27. The van der Waals surface area contributed by atoms with Crippen LogP contribution >= 0.6 is 11.6 Å². The van der Waals surface area contributed by atoms with E-state index in [-0.39, 0.29) is 16.5 Å². The number of rotatable bonds is 5. The summed E-state index contributed by atoms with van der Waals surface area (Å²) in [6.07, 6.45) is 0.478. The van der Waals surface area contributed by atoms with E-state index in [2.05, 4.69) is 4.72 Å². The van der Waals surface area contributed by atoms with E-state index < -0.39 is 15.6 Å². The van der Waals surface area contributed by atoms with Crippen LogP contribution in [-0.4, -0.2) is 25.7 Å². The molecule has 102 valence electrons. The van der Waals surface area contributed by atoms with E-state index in [0.717, 1.165) is 5.56 Å². The molecule has 6 heteroatoms. The van der Waals surface area contributed by atoms with Crippen molar-refractivity contribution < 1.29 is 13.5 Å². The van der Waals surface area contributed by atoms with E-state index in [1.54, 1.807) is 26.0 Å². The number of halogens is 1. The first kappa shape index (κ1) is 15.4. The molecule has 0 spiro atoms. The van der Waals surface area contributed by atoms with Gasteiger partial charge in [-0.3, -0.25) is 0 Å². The van der Waals surface area contributed by atoms with E-state index in [0.29, 0.717) is 6.42 Å². The SMILES string of the molecule is CCC(C)(CO)NS(=O)(=O)c1ccc(C)cc1Cl. The molecule has 0 radical (unpaired) electrons. The Labute approximate surface area is 113 Å². The molecule has 0 aliphatic carbocycles. The first-order chi connectivity index (χ1) is 8.24. The van der Waals surface area contributed by atoms with Gasteiger partial charge in [0.15, 0.2) is 0 Å². The number of hydrogen-bond donors (Lipinski definition) is 2. The van der Waals surface area contributed by atoms with Crippen LogP contribution in [0.4, 0.5) is 0 Å². The zero-order valence-electron chi connectivity index (χ0n) is 10.7. The normalized spacial score (nSPS) is 15.4. The molecule has 1 unspecified atom stereocenters. The molecule has 0 bridgehead atoms. The van der Waals surface area contributed by atoms with Crippen LogP contribution in [0, 0.1) is 6.92 Å². The van der Waals surface area contributed by atoms with Gasteiger partial charge in [-0.25, -0.2) is 13.1 Å². The average molecular weight is 292 g/mol. The Bertz CT molecular complexity index is 524. The molecular weight excluding hydrogens is 274 g/mol. The van der Waals surface area contributed by atoms with Gasteiger partial charge in [0.05, 0.1) is 17.2 Å². The predicted molar refractivity (Wildman–Crippen MR) is 72.3 cm³/mol. The largest absolute Gasteiger partial charge is 0.394 e. The second-order valence-electron chi connectivity index (χ2n) is 4.61. The third kappa shape index (κ3) is 3.45. The summed E-state index contributed by atoms with van der Waals surface area (Å²) in [4.78, 5) is 0.0305. The number of nitrogens with one attached hydrogen (secondary N) is 1. The Balaban J connectivity index is 3.15. The Morgan fingerprint density at radius 2 is 2.06 bits per heavy atom. The maximum absolute atomic E-state index is 12.2. The van der Waals surface area contributed by atoms with Crippen molar-refractivity contribution in [3.05, 3.63) is 28.8 Å². The van der Waals surface area contributed by atoms with Gasteiger partial charge < -0.3 is 5.11 Å². The van der Waals surface area contributed by atoms with Gasteiger partial charge in [-0.1, -0.05) is 24.6 Å². The number of hydrogen-bond acceptors (Lipinski definition) is 3.